The van der Waals surface area contributed by atoms with E-state index in [1.54, 1.807) is 0 Å². The third-order valence-corrected chi connectivity index (χ3v) is 0.683. The standard InChI is InChI=1S/C6H10N2O2/c1-5(2)8-4-6(7-3)10-9/h4,9H,3H2,1-2H3/b6-4+. The molecule has 56 valence electrons. The summed E-state index contributed by atoms with van der Waals surface area (Å²) in [6.07, 6.45) is 1.28. The summed E-state index contributed by atoms with van der Waals surface area (Å²) in [5.41, 5.74) is 0.846. The first-order valence-corrected chi connectivity index (χ1v) is 2.70. The lowest BCUT2D eigenvalue weighted by Crippen LogP contribution is -1.82. The Labute approximate surface area is 59.5 Å². The average Bonchev–Trinajstić information content (AvgIpc) is 1.90. The summed E-state index contributed by atoms with van der Waals surface area (Å²) in [6.45, 7) is 6.77. The number of nitrogens with zero attached hydrogens (tertiary/aromatic N) is 2. The van der Waals surface area contributed by atoms with Crippen LogP contribution in [0.4, 0.5) is 0 Å². The van der Waals surface area contributed by atoms with E-state index in [0.717, 1.165) is 5.71 Å². The van der Waals surface area contributed by atoms with E-state index in [1.807, 2.05) is 13.8 Å². The van der Waals surface area contributed by atoms with E-state index in [9.17, 15) is 0 Å². The number of aliphatic imine (C=N–C) groups is 2. The second-order valence-electron chi connectivity index (χ2n) is 1.79. The molecule has 0 aromatic heterocycles. The molecule has 0 aromatic carbocycles. The quantitative estimate of drug-likeness (QED) is 0.280. The first-order valence-electron chi connectivity index (χ1n) is 2.70. The molecule has 0 fully saturated rings. The monoisotopic (exact) mass is 142 g/mol. The highest BCUT2D eigenvalue weighted by Gasteiger charge is 1.87. The molecule has 4 nitrogen and oxygen atoms in total. The second kappa shape index (κ2) is 4.69. The summed E-state index contributed by atoms with van der Waals surface area (Å²) in [6, 6.07) is 0. The molecular formula is C6H10N2O2. The van der Waals surface area contributed by atoms with Crippen molar-refractivity contribution in [2.45, 2.75) is 13.8 Å². The van der Waals surface area contributed by atoms with Crippen molar-refractivity contribution >= 4 is 12.4 Å². The average molecular weight is 142 g/mol. The van der Waals surface area contributed by atoms with Crippen LogP contribution in [-0.4, -0.2) is 17.7 Å². The molecule has 0 atom stereocenters. The molecule has 0 bridgehead atoms. The van der Waals surface area contributed by atoms with Crippen LogP contribution in [0.5, 0.6) is 0 Å². The van der Waals surface area contributed by atoms with Crippen molar-refractivity contribution in [2.24, 2.45) is 9.98 Å². The zero-order chi connectivity index (χ0) is 7.98. The largest absolute Gasteiger partial charge is 0.318 e. The Bertz CT molecular complexity index is 169. The van der Waals surface area contributed by atoms with Crippen LogP contribution in [0.15, 0.2) is 22.1 Å². The fourth-order valence-electron chi connectivity index (χ4n) is 0.278. The Morgan fingerprint density at radius 3 is 2.50 bits per heavy atom. The van der Waals surface area contributed by atoms with Gasteiger partial charge in [0.05, 0.1) is 6.20 Å². The minimum absolute atomic E-state index is 0.0128. The molecule has 0 radical (unpaired) electrons. The lowest BCUT2D eigenvalue weighted by molar-refractivity contribution is -0.203. The van der Waals surface area contributed by atoms with Gasteiger partial charge >= 0.3 is 0 Å². The summed E-state index contributed by atoms with van der Waals surface area (Å²) in [4.78, 5) is 10.9. The van der Waals surface area contributed by atoms with Gasteiger partial charge in [-0.1, -0.05) is 0 Å². The number of hydrogen-bond donors (Lipinski definition) is 1. The summed E-state index contributed by atoms with van der Waals surface area (Å²) >= 11 is 0. The second-order valence-corrected chi connectivity index (χ2v) is 1.79. The normalized spacial score (nSPS) is 10.5. The van der Waals surface area contributed by atoms with E-state index in [1.165, 1.54) is 6.20 Å². The molecule has 10 heavy (non-hydrogen) atoms. The van der Waals surface area contributed by atoms with E-state index in [2.05, 4.69) is 21.6 Å². The molecule has 0 aliphatic rings. The van der Waals surface area contributed by atoms with Crippen molar-refractivity contribution in [1.29, 1.82) is 0 Å². The molecule has 0 unspecified atom stereocenters. The first-order chi connectivity index (χ1) is 4.70. The molecule has 0 amide bonds. The van der Waals surface area contributed by atoms with Crippen molar-refractivity contribution in [3.63, 3.8) is 0 Å². The van der Waals surface area contributed by atoms with Gasteiger partial charge in [-0.05, 0) is 20.6 Å². The summed E-state index contributed by atoms with van der Waals surface area (Å²) < 4.78 is 0. The predicted molar refractivity (Wildman–Crippen MR) is 40.1 cm³/mol. The van der Waals surface area contributed by atoms with Crippen molar-refractivity contribution in [3.8, 4) is 0 Å². The van der Waals surface area contributed by atoms with Crippen LogP contribution in [0.1, 0.15) is 13.8 Å². The molecular weight excluding hydrogens is 132 g/mol. The summed E-state index contributed by atoms with van der Waals surface area (Å²) in [5, 5.41) is 8.07. The van der Waals surface area contributed by atoms with Crippen LogP contribution in [0.2, 0.25) is 0 Å². The van der Waals surface area contributed by atoms with Crippen molar-refractivity contribution in [1.82, 2.24) is 0 Å². The van der Waals surface area contributed by atoms with Crippen LogP contribution < -0.4 is 0 Å². The van der Waals surface area contributed by atoms with Crippen LogP contribution in [0, 0.1) is 0 Å². The molecule has 0 aliphatic carbocycles. The Hall–Kier alpha value is -1.16. The molecule has 0 saturated carbocycles. The van der Waals surface area contributed by atoms with Crippen molar-refractivity contribution in [3.05, 3.63) is 12.1 Å². The van der Waals surface area contributed by atoms with Gasteiger partial charge in [0.15, 0.2) is 0 Å². The summed E-state index contributed by atoms with van der Waals surface area (Å²) in [5.74, 6) is -0.0128. The molecule has 0 heterocycles. The maximum atomic E-state index is 8.07. The highest BCUT2D eigenvalue weighted by molar-refractivity contribution is 5.79. The highest BCUT2D eigenvalue weighted by Crippen LogP contribution is 1.94. The van der Waals surface area contributed by atoms with Gasteiger partial charge < -0.3 is 4.89 Å². The Morgan fingerprint density at radius 2 is 2.20 bits per heavy atom. The SMILES string of the molecule is C=N/C(=C\N=C(C)C)OO. The van der Waals surface area contributed by atoms with E-state index >= 15 is 0 Å². The Morgan fingerprint density at radius 1 is 1.60 bits per heavy atom. The molecule has 0 aliphatic heterocycles. The zero-order valence-corrected chi connectivity index (χ0v) is 6.03. The molecule has 0 saturated heterocycles. The smallest absolute Gasteiger partial charge is 0.273 e. The molecule has 1 N–H and O–H groups in total. The molecule has 0 spiro atoms. The van der Waals surface area contributed by atoms with Gasteiger partial charge in [0, 0.05) is 5.71 Å². The summed E-state index contributed by atoms with van der Waals surface area (Å²) in [7, 11) is 0. The van der Waals surface area contributed by atoms with Gasteiger partial charge in [0.1, 0.15) is 0 Å². The molecule has 4 heteroatoms. The third kappa shape index (κ3) is 3.80. The van der Waals surface area contributed by atoms with Crippen LogP contribution in [0.3, 0.4) is 0 Å². The Kier molecular flexibility index (Phi) is 4.15. The maximum absolute atomic E-state index is 8.07. The fourth-order valence-corrected chi connectivity index (χ4v) is 0.278. The minimum atomic E-state index is -0.0128. The maximum Gasteiger partial charge on any atom is 0.273 e. The Balaban J connectivity index is 4.12. The van der Waals surface area contributed by atoms with E-state index in [4.69, 9.17) is 5.26 Å². The molecule has 0 aromatic rings. The third-order valence-electron chi connectivity index (χ3n) is 0.683. The lowest BCUT2D eigenvalue weighted by atomic mass is 10.5. The topological polar surface area (TPSA) is 54.2 Å². The highest BCUT2D eigenvalue weighted by atomic mass is 17.1. The number of rotatable bonds is 3. The first kappa shape index (κ1) is 8.84. The van der Waals surface area contributed by atoms with Crippen LogP contribution >= 0.6 is 0 Å². The lowest BCUT2D eigenvalue weighted by Gasteiger charge is -1.90. The van der Waals surface area contributed by atoms with Crippen LogP contribution in [0.25, 0.3) is 0 Å². The van der Waals surface area contributed by atoms with E-state index < -0.39 is 0 Å². The van der Waals surface area contributed by atoms with E-state index in [-0.39, 0.29) is 5.88 Å². The van der Waals surface area contributed by atoms with E-state index in [0.29, 0.717) is 0 Å². The van der Waals surface area contributed by atoms with Gasteiger partial charge in [-0.25, -0.2) is 10.2 Å². The fraction of sp³-hybridized carbons (Fsp3) is 0.333. The minimum Gasteiger partial charge on any atom is -0.318 e. The number of hydrogen-bond acceptors (Lipinski definition) is 4. The molecule has 0 rings (SSSR count). The predicted octanol–water partition coefficient (Wildman–Crippen LogP) is 1.46. The van der Waals surface area contributed by atoms with Crippen LogP contribution in [-0.2, 0) is 4.89 Å². The van der Waals surface area contributed by atoms with Gasteiger partial charge in [-0.2, -0.15) is 0 Å². The van der Waals surface area contributed by atoms with Gasteiger partial charge in [0.25, 0.3) is 5.88 Å². The van der Waals surface area contributed by atoms with Gasteiger partial charge in [-0.15, -0.1) is 0 Å². The van der Waals surface area contributed by atoms with Gasteiger partial charge in [-0.3, -0.25) is 4.99 Å². The van der Waals surface area contributed by atoms with Gasteiger partial charge in [0.2, 0.25) is 0 Å². The zero-order valence-electron chi connectivity index (χ0n) is 6.03. The van der Waals surface area contributed by atoms with Crippen molar-refractivity contribution < 1.29 is 10.1 Å². The van der Waals surface area contributed by atoms with Crippen molar-refractivity contribution in [2.75, 3.05) is 0 Å².